The molecule has 2 nitrogen and oxygen atoms in total. The first-order chi connectivity index (χ1) is 7.04. The van der Waals surface area contributed by atoms with Crippen LogP contribution < -0.4 is 0 Å². The van der Waals surface area contributed by atoms with E-state index >= 15 is 0 Å². The number of Topliss-reactive ketones (excluding diaryl/α,β-unsaturated/α-hetero) is 1. The highest BCUT2D eigenvalue weighted by Crippen LogP contribution is 2.14. The second-order valence-electron chi connectivity index (χ2n) is 4.22. The summed E-state index contributed by atoms with van der Waals surface area (Å²) in [4.78, 5) is 14.1. The monoisotopic (exact) mass is 205 g/mol. The van der Waals surface area contributed by atoms with Crippen LogP contribution in [0.1, 0.15) is 24.2 Å². The first kappa shape index (κ1) is 11.9. The molecule has 1 aromatic rings. The molecule has 0 unspecified atom stereocenters. The molecule has 2 heteroatoms. The Morgan fingerprint density at radius 3 is 2.13 bits per heavy atom. The van der Waals surface area contributed by atoms with Crippen molar-refractivity contribution in [3.63, 3.8) is 0 Å². The van der Waals surface area contributed by atoms with Gasteiger partial charge in [-0.3, -0.25) is 4.79 Å². The number of ketones is 1. The summed E-state index contributed by atoms with van der Waals surface area (Å²) in [6, 6.07) is 9.75. The van der Waals surface area contributed by atoms with E-state index in [1.807, 2.05) is 51.4 Å². The fourth-order valence-corrected chi connectivity index (χ4v) is 1.53. The maximum atomic E-state index is 12.1. The van der Waals surface area contributed by atoms with Gasteiger partial charge < -0.3 is 4.90 Å². The lowest BCUT2D eigenvalue weighted by molar-refractivity contribution is 0.0865. The van der Waals surface area contributed by atoms with Crippen molar-refractivity contribution in [1.82, 2.24) is 4.90 Å². The van der Waals surface area contributed by atoms with Crippen molar-refractivity contribution in [2.75, 3.05) is 14.1 Å². The number of rotatable bonds is 4. The van der Waals surface area contributed by atoms with Crippen molar-refractivity contribution in [2.24, 2.45) is 5.92 Å². The van der Waals surface area contributed by atoms with Gasteiger partial charge in [-0.05, 0) is 21.0 Å². The number of benzene rings is 1. The molecule has 0 aliphatic carbocycles. The van der Waals surface area contributed by atoms with E-state index in [2.05, 4.69) is 11.8 Å². The minimum Gasteiger partial charge on any atom is -0.306 e. The molecule has 0 saturated carbocycles. The van der Waals surface area contributed by atoms with Crippen LogP contribution in [0.15, 0.2) is 30.3 Å². The lowest BCUT2D eigenvalue weighted by Gasteiger charge is -2.25. The van der Waals surface area contributed by atoms with Gasteiger partial charge in [-0.15, -0.1) is 0 Å². The number of carbonyl (C=O) groups excluding carboxylic acids is 1. The highest BCUT2D eigenvalue weighted by atomic mass is 16.1. The van der Waals surface area contributed by atoms with Gasteiger partial charge in [0.25, 0.3) is 0 Å². The van der Waals surface area contributed by atoms with E-state index in [1.165, 1.54) is 0 Å². The number of carbonyl (C=O) groups is 1. The second-order valence-corrected chi connectivity index (χ2v) is 4.22. The van der Waals surface area contributed by atoms with E-state index in [-0.39, 0.29) is 17.7 Å². The summed E-state index contributed by atoms with van der Waals surface area (Å²) in [7, 11) is 4.00. The van der Waals surface area contributed by atoms with Crippen molar-refractivity contribution in [2.45, 2.75) is 19.9 Å². The van der Waals surface area contributed by atoms with Gasteiger partial charge in [0, 0.05) is 17.5 Å². The highest BCUT2D eigenvalue weighted by molar-refractivity contribution is 5.97. The fourth-order valence-electron chi connectivity index (χ4n) is 1.53. The molecule has 0 saturated heterocycles. The zero-order valence-electron chi connectivity index (χ0n) is 9.90. The molecule has 0 spiro atoms. The first-order valence-electron chi connectivity index (χ1n) is 5.29. The summed E-state index contributed by atoms with van der Waals surface area (Å²) in [6.45, 7) is 4.06. The Bertz CT molecular complexity index is 319. The van der Waals surface area contributed by atoms with Crippen LogP contribution in [-0.4, -0.2) is 30.8 Å². The molecule has 0 aromatic heterocycles. The minimum absolute atomic E-state index is 0.0300. The molecule has 0 fully saturated rings. The lowest BCUT2D eigenvalue weighted by Crippen LogP contribution is -2.35. The quantitative estimate of drug-likeness (QED) is 0.704. The number of nitrogens with zero attached hydrogens (tertiary/aromatic N) is 1. The third-order valence-corrected chi connectivity index (χ3v) is 3.01. The second kappa shape index (κ2) is 5.08. The minimum atomic E-state index is 0.0300. The lowest BCUT2D eigenvalue weighted by atomic mass is 9.93. The van der Waals surface area contributed by atoms with Crippen LogP contribution in [0.3, 0.4) is 0 Å². The Morgan fingerprint density at radius 1 is 1.13 bits per heavy atom. The maximum absolute atomic E-state index is 12.1. The van der Waals surface area contributed by atoms with Crippen LogP contribution in [0.2, 0.25) is 0 Å². The molecule has 0 amide bonds. The average Bonchev–Trinajstić information content (AvgIpc) is 2.27. The third kappa shape index (κ3) is 2.90. The van der Waals surface area contributed by atoms with Gasteiger partial charge in [0.05, 0.1) is 0 Å². The molecule has 2 atom stereocenters. The Kier molecular flexibility index (Phi) is 4.04. The summed E-state index contributed by atoms with van der Waals surface area (Å²) in [5.41, 5.74) is 0.804. The van der Waals surface area contributed by atoms with E-state index in [0.29, 0.717) is 0 Å². The molecular weight excluding hydrogens is 186 g/mol. The molecule has 0 aliphatic heterocycles. The van der Waals surface area contributed by atoms with Crippen molar-refractivity contribution < 1.29 is 4.79 Å². The van der Waals surface area contributed by atoms with Crippen LogP contribution in [-0.2, 0) is 0 Å². The Morgan fingerprint density at radius 2 is 1.67 bits per heavy atom. The van der Waals surface area contributed by atoms with Crippen LogP contribution in [0.5, 0.6) is 0 Å². The van der Waals surface area contributed by atoms with Gasteiger partial charge in [-0.1, -0.05) is 37.3 Å². The van der Waals surface area contributed by atoms with Gasteiger partial charge in [0.2, 0.25) is 0 Å². The van der Waals surface area contributed by atoms with Crippen LogP contribution in [0, 0.1) is 5.92 Å². The topological polar surface area (TPSA) is 20.3 Å². The van der Waals surface area contributed by atoms with Gasteiger partial charge in [-0.25, -0.2) is 0 Å². The first-order valence-corrected chi connectivity index (χ1v) is 5.29. The number of hydrogen-bond donors (Lipinski definition) is 0. The van der Waals surface area contributed by atoms with Gasteiger partial charge in [0.15, 0.2) is 5.78 Å². The van der Waals surface area contributed by atoms with Crippen molar-refractivity contribution in [1.29, 1.82) is 0 Å². The van der Waals surface area contributed by atoms with E-state index < -0.39 is 0 Å². The Labute approximate surface area is 91.9 Å². The smallest absolute Gasteiger partial charge is 0.167 e. The number of hydrogen-bond acceptors (Lipinski definition) is 2. The summed E-state index contributed by atoms with van der Waals surface area (Å²) < 4.78 is 0. The molecule has 0 bridgehead atoms. The van der Waals surface area contributed by atoms with Gasteiger partial charge in [0.1, 0.15) is 0 Å². The molecule has 1 rings (SSSR count). The Balaban J connectivity index is 2.78. The zero-order valence-corrected chi connectivity index (χ0v) is 9.90. The largest absolute Gasteiger partial charge is 0.306 e. The van der Waals surface area contributed by atoms with Crippen LogP contribution in [0.4, 0.5) is 0 Å². The third-order valence-electron chi connectivity index (χ3n) is 3.01. The summed E-state index contributed by atoms with van der Waals surface area (Å²) in [6.07, 6.45) is 0. The predicted molar refractivity (Wildman–Crippen MR) is 63.1 cm³/mol. The fraction of sp³-hybridized carbons (Fsp3) is 0.462. The molecule has 1 aromatic carbocycles. The van der Waals surface area contributed by atoms with Crippen LogP contribution in [0.25, 0.3) is 0 Å². The molecule has 0 aliphatic rings. The molecule has 0 radical (unpaired) electrons. The van der Waals surface area contributed by atoms with Gasteiger partial charge in [-0.2, -0.15) is 0 Å². The van der Waals surface area contributed by atoms with E-state index in [9.17, 15) is 4.79 Å². The van der Waals surface area contributed by atoms with Crippen molar-refractivity contribution in [3.05, 3.63) is 35.9 Å². The molecule has 0 N–H and O–H groups in total. The Hall–Kier alpha value is -1.15. The van der Waals surface area contributed by atoms with E-state index in [0.717, 1.165) is 5.56 Å². The molecular formula is C13H19NO. The predicted octanol–water partition coefficient (Wildman–Crippen LogP) is 2.46. The molecule has 15 heavy (non-hydrogen) atoms. The highest BCUT2D eigenvalue weighted by Gasteiger charge is 2.22. The maximum Gasteiger partial charge on any atom is 0.167 e. The van der Waals surface area contributed by atoms with Crippen LogP contribution >= 0.6 is 0 Å². The zero-order chi connectivity index (χ0) is 11.4. The standard InChI is InChI=1S/C13H19NO/c1-10(11(2)14(3)4)13(15)12-8-6-5-7-9-12/h5-11H,1-4H3/t10-,11-/m1/s1. The summed E-state index contributed by atoms with van der Waals surface area (Å²) in [5.74, 6) is 0.249. The van der Waals surface area contributed by atoms with Gasteiger partial charge >= 0.3 is 0 Å². The molecule has 0 heterocycles. The SMILES string of the molecule is C[C@H]([C@@H](C)C(=O)c1ccccc1)N(C)C. The van der Waals surface area contributed by atoms with E-state index in [1.54, 1.807) is 0 Å². The molecule has 82 valence electrons. The van der Waals surface area contributed by atoms with Crippen molar-refractivity contribution >= 4 is 5.78 Å². The summed E-state index contributed by atoms with van der Waals surface area (Å²) in [5, 5.41) is 0. The summed E-state index contributed by atoms with van der Waals surface area (Å²) >= 11 is 0. The van der Waals surface area contributed by atoms with E-state index in [4.69, 9.17) is 0 Å². The van der Waals surface area contributed by atoms with Crippen molar-refractivity contribution in [3.8, 4) is 0 Å². The normalized spacial score (nSPS) is 15.0. The average molecular weight is 205 g/mol.